The number of nitrogens with two attached hydrogens (primary N) is 1. The van der Waals surface area contributed by atoms with E-state index in [4.69, 9.17) is 11.0 Å². The summed E-state index contributed by atoms with van der Waals surface area (Å²) < 4.78 is 2.12. The van der Waals surface area contributed by atoms with E-state index >= 15 is 0 Å². The predicted molar refractivity (Wildman–Crippen MR) is 59.2 cm³/mol. The van der Waals surface area contributed by atoms with Crippen LogP contribution in [0.3, 0.4) is 0 Å². The first kappa shape index (κ1) is 10.3. The smallest absolute Gasteiger partial charge is 0.120 e. The van der Waals surface area contributed by atoms with Crippen LogP contribution in [0.1, 0.15) is 37.4 Å². The summed E-state index contributed by atoms with van der Waals surface area (Å²) in [5, 5.41) is 8.95. The van der Waals surface area contributed by atoms with Crippen LogP contribution in [0.2, 0.25) is 0 Å². The second-order valence-electron chi connectivity index (χ2n) is 4.32. The molecule has 2 rings (SSSR count). The average molecular weight is 203 g/mol. The minimum absolute atomic E-state index is 0.520. The molecule has 3 nitrogen and oxygen atoms in total. The van der Waals surface area contributed by atoms with Crippen LogP contribution in [0.25, 0.3) is 0 Å². The third kappa shape index (κ3) is 2.05. The van der Waals surface area contributed by atoms with E-state index in [1.807, 2.05) is 18.3 Å². The van der Waals surface area contributed by atoms with Gasteiger partial charge in [0.1, 0.15) is 11.8 Å². The van der Waals surface area contributed by atoms with Gasteiger partial charge in [-0.3, -0.25) is 0 Å². The maximum Gasteiger partial charge on any atom is 0.120 e. The van der Waals surface area contributed by atoms with E-state index in [0.717, 1.165) is 24.6 Å². The van der Waals surface area contributed by atoms with Crippen LogP contribution in [0.15, 0.2) is 18.3 Å². The molecule has 1 aromatic heterocycles. The number of hydrogen-bond acceptors (Lipinski definition) is 2. The molecule has 15 heavy (non-hydrogen) atoms. The molecule has 1 heterocycles. The Bertz CT molecular complexity index is 361. The van der Waals surface area contributed by atoms with Crippen molar-refractivity contribution in [2.45, 2.75) is 31.7 Å². The molecule has 2 N–H and O–H groups in total. The van der Waals surface area contributed by atoms with Crippen LogP contribution in [-0.4, -0.2) is 11.1 Å². The van der Waals surface area contributed by atoms with Crippen LogP contribution in [-0.2, 0) is 0 Å². The van der Waals surface area contributed by atoms with Gasteiger partial charge in [0.15, 0.2) is 0 Å². The highest BCUT2D eigenvalue weighted by molar-refractivity contribution is 5.23. The second-order valence-corrected chi connectivity index (χ2v) is 4.32. The highest BCUT2D eigenvalue weighted by Crippen LogP contribution is 2.36. The molecular weight excluding hydrogens is 186 g/mol. The molecule has 2 atom stereocenters. The summed E-state index contributed by atoms with van der Waals surface area (Å²) >= 11 is 0. The van der Waals surface area contributed by atoms with Crippen molar-refractivity contribution in [2.75, 3.05) is 6.54 Å². The normalized spacial score (nSPS) is 25.3. The van der Waals surface area contributed by atoms with E-state index in [1.165, 1.54) is 19.3 Å². The molecule has 0 spiro atoms. The Morgan fingerprint density at radius 1 is 1.53 bits per heavy atom. The van der Waals surface area contributed by atoms with Gasteiger partial charge in [0.05, 0.1) is 0 Å². The summed E-state index contributed by atoms with van der Waals surface area (Å²) in [6, 6.07) is 6.60. The lowest BCUT2D eigenvalue weighted by Gasteiger charge is -2.14. The zero-order valence-electron chi connectivity index (χ0n) is 8.89. The molecule has 2 unspecified atom stereocenters. The number of nitriles is 1. The Balaban J connectivity index is 2.05. The van der Waals surface area contributed by atoms with Crippen molar-refractivity contribution in [3.05, 3.63) is 24.0 Å². The van der Waals surface area contributed by atoms with Crippen molar-refractivity contribution >= 4 is 0 Å². The third-order valence-corrected chi connectivity index (χ3v) is 3.38. The number of aromatic nitrogens is 1. The summed E-state index contributed by atoms with van der Waals surface area (Å²) in [6.45, 7) is 0.786. The average Bonchev–Trinajstić information content (AvgIpc) is 2.84. The molecule has 1 aromatic rings. The van der Waals surface area contributed by atoms with Crippen molar-refractivity contribution in [2.24, 2.45) is 11.7 Å². The first-order valence-corrected chi connectivity index (χ1v) is 5.62. The lowest BCUT2D eigenvalue weighted by molar-refractivity contribution is 0.459. The fourth-order valence-corrected chi connectivity index (χ4v) is 2.61. The predicted octanol–water partition coefficient (Wildman–Crippen LogP) is 2.05. The van der Waals surface area contributed by atoms with E-state index in [1.54, 1.807) is 0 Å². The lowest BCUT2D eigenvalue weighted by Crippen LogP contribution is -2.08. The van der Waals surface area contributed by atoms with Gasteiger partial charge in [0.2, 0.25) is 0 Å². The Morgan fingerprint density at radius 2 is 2.40 bits per heavy atom. The molecule has 1 aliphatic carbocycles. The molecule has 0 aromatic carbocycles. The molecule has 0 bridgehead atoms. The van der Waals surface area contributed by atoms with Crippen molar-refractivity contribution in [3.8, 4) is 6.07 Å². The van der Waals surface area contributed by atoms with Crippen LogP contribution < -0.4 is 5.73 Å². The number of hydrogen-bond donors (Lipinski definition) is 1. The molecule has 0 aliphatic heterocycles. The van der Waals surface area contributed by atoms with Crippen molar-refractivity contribution in [3.63, 3.8) is 0 Å². The Labute approximate surface area is 90.5 Å². The van der Waals surface area contributed by atoms with Crippen LogP contribution in [0.5, 0.6) is 0 Å². The first-order chi connectivity index (χ1) is 7.35. The third-order valence-electron chi connectivity index (χ3n) is 3.38. The van der Waals surface area contributed by atoms with Gasteiger partial charge in [-0.15, -0.1) is 0 Å². The summed E-state index contributed by atoms with van der Waals surface area (Å²) in [4.78, 5) is 0. The fraction of sp³-hybridized carbons (Fsp3) is 0.583. The van der Waals surface area contributed by atoms with Gasteiger partial charge >= 0.3 is 0 Å². The minimum Gasteiger partial charge on any atom is -0.336 e. The zero-order valence-corrected chi connectivity index (χ0v) is 8.89. The van der Waals surface area contributed by atoms with E-state index in [2.05, 4.69) is 10.6 Å². The van der Waals surface area contributed by atoms with Gasteiger partial charge in [-0.2, -0.15) is 5.26 Å². The summed E-state index contributed by atoms with van der Waals surface area (Å²) in [6.07, 6.45) is 6.77. The van der Waals surface area contributed by atoms with Gasteiger partial charge in [0, 0.05) is 12.2 Å². The molecule has 1 fully saturated rings. The monoisotopic (exact) mass is 203 g/mol. The van der Waals surface area contributed by atoms with E-state index in [0.29, 0.717) is 6.04 Å². The van der Waals surface area contributed by atoms with Crippen LogP contribution >= 0.6 is 0 Å². The van der Waals surface area contributed by atoms with Gasteiger partial charge in [-0.1, -0.05) is 0 Å². The van der Waals surface area contributed by atoms with Gasteiger partial charge in [0.25, 0.3) is 0 Å². The maximum absolute atomic E-state index is 8.95. The number of nitrogens with zero attached hydrogens (tertiary/aromatic N) is 2. The van der Waals surface area contributed by atoms with E-state index in [9.17, 15) is 0 Å². The summed E-state index contributed by atoms with van der Waals surface area (Å²) in [7, 11) is 0. The molecule has 1 saturated carbocycles. The number of rotatable bonds is 3. The van der Waals surface area contributed by atoms with Gasteiger partial charge in [-0.25, -0.2) is 0 Å². The molecule has 1 aliphatic rings. The minimum atomic E-state index is 0.520. The Hall–Kier alpha value is -1.27. The molecular formula is C12H17N3. The van der Waals surface area contributed by atoms with Gasteiger partial charge < -0.3 is 10.3 Å². The van der Waals surface area contributed by atoms with Gasteiger partial charge in [-0.05, 0) is 50.3 Å². The Kier molecular flexibility index (Phi) is 3.08. The zero-order chi connectivity index (χ0) is 10.7. The first-order valence-electron chi connectivity index (χ1n) is 5.62. The summed E-state index contributed by atoms with van der Waals surface area (Å²) in [5.41, 5.74) is 6.35. The highest BCUT2D eigenvalue weighted by atomic mass is 15.0. The molecule has 3 heteroatoms. The highest BCUT2D eigenvalue weighted by Gasteiger charge is 2.25. The molecule has 0 radical (unpaired) electrons. The van der Waals surface area contributed by atoms with Crippen molar-refractivity contribution in [1.29, 1.82) is 5.26 Å². The van der Waals surface area contributed by atoms with Crippen LogP contribution in [0, 0.1) is 17.2 Å². The Morgan fingerprint density at radius 3 is 3.13 bits per heavy atom. The van der Waals surface area contributed by atoms with E-state index < -0.39 is 0 Å². The topological polar surface area (TPSA) is 54.7 Å². The van der Waals surface area contributed by atoms with Crippen molar-refractivity contribution < 1.29 is 0 Å². The molecule has 0 amide bonds. The quantitative estimate of drug-likeness (QED) is 0.817. The lowest BCUT2D eigenvalue weighted by atomic mass is 10.0. The largest absolute Gasteiger partial charge is 0.336 e. The molecule has 0 saturated heterocycles. The maximum atomic E-state index is 8.95. The summed E-state index contributed by atoms with van der Waals surface area (Å²) in [5.74, 6) is 0.758. The second kappa shape index (κ2) is 4.50. The van der Waals surface area contributed by atoms with Crippen LogP contribution in [0.4, 0.5) is 0 Å². The van der Waals surface area contributed by atoms with E-state index in [-0.39, 0.29) is 0 Å². The van der Waals surface area contributed by atoms with Crippen molar-refractivity contribution in [1.82, 2.24) is 4.57 Å². The standard InChI is InChI=1S/C12H17N3/c13-6-5-10-3-4-11(8-10)15-7-1-2-12(15)9-14/h1-2,7,10-11H,3-6,8,13H2. The SMILES string of the molecule is N#Cc1cccn1C1CCC(CCN)C1. The molecule has 80 valence electrons. The fourth-order valence-electron chi connectivity index (χ4n) is 2.61.